The summed E-state index contributed by atoms with van der Waals surface area (Å²) in [6.45, 7) is 12.2. The summed E-state index contributed by atoms with van der Waals surface area (Å²) in [4.78, 5) is 25.7. The van der Waals surface area contributed by atoms with Crippen molar-refractivity contribution in [1.82, 2.24) is 5.32 Å². The van der Waals surface area contributed by atoms with Gasteiger partial charge >= 0.3 is 5.97 Å². The summed E-state index contributed by atoms with van der Waals surface area (Å²) >= 11 is 0.912. The Labute approximate surface area is 304 Å². The molecule has 4 rings (SSSR count). The first-order valence-electron chi connectivity index (χ1n) is 17.0. The van der Waals surface area contributed by atoms with E-state index in [1.165, 1.54) is 6.07 Å². The third-order valence-corrected chi connectivity index (χ3v) is 10.8. The van der Waals surface area contributed by atoms with Crippen LogP contribution in [0.2, 0.25) is 0 Å². The number of benzene rings is 2. The van der Waals surface area contributed by atoms with Gasteiger partial charge in [-0.25, -0.2) is 5.26 Å². The minimum atomic E-state index is -4.33. The van der Waals surface area contributed by atoms with Crippen LogP contribution in [0, 0.1) is 0 Å². The van der Waals surface area contributed by atoms with Crippen molar-refractivity contribution < 1.29 is 46.9 Å². The molecule has 0 saturated heterocycles. The zero-order valence-corrected chi connectivity index (χ0v) is 31.3. The van der Waals surface area contributed by atoms with Crippen molar-refractivity contribution in [2.75, 3.05) is 24.5 Å². The zero-order valence-electron chi connectivity index (χ0n) is 29.7. The lowest BCUT2D eigenvalue weighted by Crippen LogP contribution is -2.28. The number of nitrogens with one attached hydrogen (secondary N) is 1. The molecule has 0 fully saturated rings. The zero-order chi connectivity index (χ0) is 37.4. The number of rotatable bonds is 18. The fraction of sp³-hybridized carbons (Fsp3) is 0.432. The lowest BCUT2D eigenvalue weighted by atomic mass is 9.81. The molecule has 14 heteroatoms. The average molecular weight is 743 g/mol. The van der Waals surface area contributed by atoms with E-state index >= 15 is 0 Å². The third kappa shape index (κ3) is 9.56. The summed E-state index contributed by atoms with van der Waals surface area (Å²) in [5.41, 5.74) is 5.12. The van der Waals surface area contributed by atoms with Crippen LogP contribution < -0.4 is 10.2 Å². The molecule has 0 spiro atoms. The number of hydrogen-bond acceptors (Lipinski definition) is 9. The van der Waals surface area contributed by atoms with Gasteiger partial charge in [-0.1, -0.05) is 37.1 Å². The van der Waals surface area contributed by atoms with Gasteiger partial charge in [0, 0.05) is 71.8 Å². The molecule has 0 saturated carbocycles. The van der Waals surface area contributed by atoms with E-state index in [1.807, 2.05) is 63.3 Å². The molecule has 0 aromatic heterocycles. The van der Waals surface area contributed by atoms with Gasteiger partial charge in [0.25, 0.3) is 10.1 Å². The maximum Gasteiger partial charge on any atom is 0.303 e. The van der Waals surface area contributed by atoms with Gasteiger partial charge in [0.15, 0.2) is 5.71 Å². The lowest BCUT2D eigenvalue weighted by molar-refractivity contribution is -0.438. The van der Waals surface area contributed by atoms with Crippen LogP contribution in [0.4, 0.5) is 11.4 Å². The van der Waals surface area contributed by atoms with Gasteiger partial charge in [-0.15, -0.1) is 4.33 Å². The maximum atomic E-state index is 12.2. The molecule has 2 aliphatic heterocycles. The van der Waals surface area contributed by atoms with Crippen LogP contribution in [0.15, 0.2) is 82.3 Å². The van der Waals surface area contributed by atoms with Crippen LogP contribution in [0.25, 0.3) is 0 Å². The summed E-state index contributed by atoms with van der Waals surface area (Å²) in [6.07, 6.45) is 13.3. The average Bonchev–Trinajstić information content (AvgIpc) is 3.42. The first kappa shape index (κ1) is 40.0. The second-order valence-corrected chi connectivity index (χ2v) is 15.7. The van der Waals surface area contributed by atoms with E-state index in [2.05, 4.69) is 44.1 Å². The number of likely N-dealkylation sites (N-methyl/N-ethyl adjacent to an activating group) is 1. The van der Waals surface area contributed by atoms with Crippen LogP contribution >= 0.6 is 12.0 Å². The third-order valence-electron chi connectivity index (χ3n) is 9.41. The molecule has 2 aliphatic rings. The number of unbranched alkanes of at least 4 members (excludes halogenated alkanes) is 2. The van der Waals surface area contributed by atoms with Crippen molar-refractivity contribution in [3.8, 4) is 0 Å². The fourth-order valence-corrected chi connectivity index (χ4v) is 7.71. The number of carboxylic acid groups (broad SMARTS) is 1. The number of nitrogens with zero attached hydrogens (tertiary/aromatic N) is 2. The van der Waals surface area contributed by atoms with Crippen molar-refractivity contribution in [2.45, 2.75) is 93.8 Å². The van der Waals surface area contributed by atoms with Crippen LogP contribution in [0.1, 0.15) is 84.3 Å². The van der Waals surface area contributed by atoms with E-state index in [0.29, 0.717) is 25.9 Å². The summed E-state index contributed by atoms with van der Waals surface area (Å²) < 4.78 is 40.3. The molecular weight excluding hydrogens is 695 g/mol. The van der Waals surface area contributed by atoms with Crippen LogP contribution in [-0.2, 0) is 39.9 Å². The Morgan fingerprint density at radius 2 is 1.73 bits per heavy atom. The van der Waals surface area contributed by atoms with Gasteiger partial charge in [-0.2, -0.15) is 13.0 Å². The highest BCUT2D eigenvalue weighted by Crippen LogP contribution is 2.48. The van der Waals surface area contributed by atoms with Crippen LogP contribution in [-0.4, -0.2) is 65.1 Å². The summed E-state index contributed by atoms with van der Waals surface area (Å²) in [5, 5.41) is 24.0. The van der Waals surface area contributed by atoms with Crippen molar-refractivity contribution in [1.29, 1.82) is 0 Å². The number of fused-ring (bicyclic) bond motifs is 2. The van der Waals surface area contributed by atoms with Gasteiger partial charge in [0.2, 0.25) is 11.6 Å². The van der Waals surface area contributed by atoms with E-state index in [9.17, 15) is 22.6 Å². The van der Waals surface area contributed by atoms with Crippen molar-refractivity contribution in [3.05, 3.63) is 83.6 Å². The van der Waals surface area contributed by atoms with E-state index < -0.39 is 21.5 Å². The molecular formula is C37H48N3O9S2+. The smallest absolute Gasteiger partial charge is 0.303 e. The molecule has 51 heavy (non-hydrogen) atoms. The topological polar surface area (TPSA) is 166 Å². The molecule has 0 unspecified atom stereocenters. The monoisotopic (exact) mass is 742 g/mol. The molecule has 0 atom stereocenters. The predicted molar refractivity (Wildman–Crippen MR) is 197 cm³/mol. The Balaban J connectivity index is 1.52. The van der Waals surface area contributed by atoms with Crippen LogP contribution in [0.5, 0.6) is 0 Å². The molecule has 12 nitrogen and oxygen atoms in total. The van der Waals surface area contributed by atoms with Gasteiger partial charge in [0.05, 0.1) is 22.4 Å². The number of hydrogen-bond donors (Lipinski definition) is 4. The molecule has 0 aliphatic carbocycles. The highest BCUT2D eigenvalue weighted by Gasteiger charge is 2.44. The Bertz CT molecular complexity index is 1850. The second kappa shape index (κ2) is 17.2. The van der Waals surface area contributed by atoms with Crippen LogP contribution in [0.3, 0.4) is 0 Å². The number of anilines is 1. The Hall–Kier alpha value is -3.79. The van der Waals surface area contributed by atoms with Crippen molar-refractivity contribution in [3.63, 3.8) is 0 Å². The fourth-order valence-electron chi connectivity index (χ4n) is 6.80. The molecule has 276 valence electrons. The van der Waals surface area contributed by atoms with E-state index in [4.69, 9.17) is 10.4 Å². The van der Waals surface area contributed by atoms with E-state index in [-0.39, 0.29) is 22.6 Å². The standard InChI is InChI=1S/C37H47N3O9S2/c1-6-39-30-21-19-27(51(45,46)47)25-29(30)37(4,5)32(39)14-9-7-10-15-33-36(2,3)28-24-26(50-49-48-44)18-20-31(28)40(33)23-12-8-11-16-34(41)38-22-13-17-35(42)43/h7,9-10,14-15,18-21,24-25H,6,8,11-13,16-17,22-23H2,1-5H3,(H3-,38,41,42,43,44,45,46,47)/p+1. The highest BCUT2D eigenvalue weighted by molar-refractivity contribution is 7.94. The van der Waals surface area contributed by atoms with Gasteiger partial charge in [-0.3, -0.25) is 14.1 Å². The Kier molecular flexibility index (Phi) is 13.4. The van der Waals surface area contributed by atoms with Gasteiger partial charge in [0.1, 0.15) is 6.54 Å². The minimum absolute atomic E-state index is 0.0320. The number of carbonyl (C=O) groups excluding carboxylic acids is 1. The summed E-state index contributed by atoms with van der Waals surface area (Å²) in [5.74, 6) is -0.944. The molecule has 2 aromatic rings. The van der Waals surface area contributed by atoms with Gasteiger partial charge in [-0.05, 0) is 82.0 Å². The molecule has 4 N–H and O–H groups in total. The summed E-state index contributed by atoms with van der Waals surface area (Å²) in [7, 11) is -4.33. The van der Waals surface area contributed by atoms with E-state index in [1.54, 1.807) is 12.1 Å². The number of allylic oxidation sites excluding steroid dienone is 6. The molecule has 0 radical (unpaired) electrons. The number of carbonyl (C=O) groups is 2. The lowest BCUT2D eigenvalue weighted by Gasteiger charge is -2.25. The predicted octanol–water partition coefficient (Wildman–Crippen LogP) is 7.09. The van der Waals surface area contributed by atoms with Crippen molar-refractivity contribution >= 4 is 51.1 Å². The number of aliphatic carboxylic acids is 1. The first-order chi connectivity index (χ1) is 24.1. The Morgan fingerprint density at radius 1 is 0.961 bits per heavy atom. The molecule has 2 heterocycles. The second-order valence-electron chi connectivity index (χ2n) is 13.5. The quantitative estimate of drug-likeness (QED) is 0.0234. The number of amides is 1. The molecule has 0 bridgehead atoms. The summed E-state index contributed by atoms with van der Waals surface area (Å²) in [6, 6.07) is 10.7. The van der Waals surface area contributed by atoms with Crippen molar-refractivity contribution in [2.24, 2.45) is 0 Å². The van der Waals surface area contributed by atoms with E-state index in [0.717, 1.165) is 76.7 Å². The highest BCUT2D eigenvalue weighted by atomic mass is 32.2. The normalized spacial score (nSPS) is 17.2. The van der Waals surface area contributed by atoms with Gasteiger partial charge < -0.3 is 15.3 Å². The molecule has 1 amide bonds. The Morgan fingerprint density at radius 3 is 2.41 bits per heavy atom. The SMILES string of the molecule is CCN1\C(=C/C=C/C=C/C2=[N+](CCCCCC(=O)NCCCC(=O)O)c3ccc(SOOO)cc3C2(C)C)C(C)(C)c2cc(S(=O)(=O)O)ccc21. The number of carboxylic acids is 1. The molecule has 2 aromatic carbocycles. The minimum Gasteiger partial charge on any atom is -0.481 e. The largest absolute Gasteiger partial charge is 0.481 e. The first-order valence-corrected chi connectivity index (χ1v) is 19.2. The maximum absolute atomic E-state index is 12.2.